The number of primary amides is 1. The molecule has 3 amide bonds. The maximum Gasteiger partial charge on any atom is 0.433 e. The second-order valence-corrected chi connectivity index (χ2v) is 6.76. The molecule has 158 valence electrons. The number of pyridine rings is 2. The van der Waals surface area contributed by atoms with Gasteiger partial charge >= 0.3 is 18.0 Å². The lowest BCUT2D eigenvalue weighted by atomic mass is 9.95. The van der Waals surface area contributed by atoms with Crippen LogP contribution in [0.15, 0.2) is 36.8 Å². The van der Waals surface area contributed by atoms with Gasteiger partial charge in [0, 0.05) is 18.9 Å². The fourth-order valence-electron chi connectivity index (χ4n) is 3.29. The highest BCUT2D eigenvalue weighted by atomic mass is 19.4. The third kappa shape index (κ3) is 4.73. The number of nitrogens with zero attached hydrogens (tertiary/aromatic N) is 3. The van der Waals surface area contributed by atoms with Crippen LogP contribution in [-0.4, -0.2) is 39.1 Å². The Morgan fingerprint density at radius 1 is 1.17 bits per heavy atom. The molecule has 1 saturated heterocycles. The number of hydrogen-bond donors (Lipinski definition) is 2. The van der Waals surface area contributed by atoms with E-state index < -0.39 is 35.6 Å². The number of rotatable bonds is 3. The number of hydrogen-bond acceptors (Lipinski definition) is 5. The Hall–Kier alpha value is -3.50. The number of piperidine rings is 1. The van der Waals surface area contributed by atoms with E-state index >= 15 is 0 Å². The molecule has 8 nitrogen and oxygen atoms in total. The van der Waals surface area contributed by atoms with Crippen molar-refractivity contribution in [3.8, 4) is 0 Å². The van der Waals surface area contributed by atoms with E-state index in [1.54, 1.807) is 0 Å². The van der Waals surface area contributed by atoms with Crippen molar-refractivity contribution in [2.75, 3.05) is 11.9 Å². The highest BCUT2D eigenvalue weighted by molar-refractivity contribution is 6.39. The molecule has 2 aromatic heterocycles. The van der Waals surface area contributed by atoms with E-state index in [-0.39, 0.29) is 23.4 Å². The summed E-state index contributed by atoms with van der Waals surface area (Å²) in [6.45, 7) is 0.222. The molecule has 1 aliphatic rings. The van der Waals surface area contributed by atoms with Crippen molar-refractivity contribution >= 4 is 23.4 Å². The number of carbonyl (C=O) groups excluding carboxylic acids is 3. The number of anilines is 1. The third-order valence-corrected chi connectivity index (χ3v) is 4.70. The maximum absolute atomic E-state index is 13.0. The predicted octanol–water partition coefficient (Wildman–Crippen LogP) is 2.29. The van der Waals surface area contributed by atoms with Gasteiger partial charge in [0.25, 0.3) is 0 Å². The molecule has 11 heteroatoms. The van der Waals surface area contributed by atoms with E-state index in [0.29, 0.717) is 19.3 Å². The standard InChI is InChI=1S/C19H18F3N5O3/c20-19(21,22)15-8-11(4-5-25-15)14-3-1-2-6-27(14)18(30)17(29)26-13-7-12(16(23)28)9-24-10-13/h4-5,7-10,14H,1-3,6H2,(H2,23,28)(H,26,29)/t14-/m0/s1. The van der Waals surface area contributed by atoms with Crippen LogP contribution in [-0.2, 0) is 15.8 Å². The first-order valence-electron chi connectivity index (χ1n) is 9.07. The fourth-order valence-corrected chi connectivity index (χ4v) is 3.29. The van der Waals surface area contributed by atoms with Crippen LogP contribution >= 0.6 is 0 Å². The molecule has 0 bridgehead atoms. The highest BCUT2D eigenvalue weighted by Gasteiger charge is 2.36. The minimum absolute atomic E-state index is 0.0487. The zero-order valence-corrected chi connectivity index (χ0v) is 15.6. The van der Waals surface area contributed by atoms with Gasteiger partial charge < -0.3 is 16.0 Å². The summed E-state index contributed by atoms with van der Waals surface area (Å²) in [6, 6.07) is 2.89. The average Bonchev–Trinajstić information content (AvgIpc) is 2.73. The summed E-state index contributed by atoms with van der Waals surface area (Å²) in [4.78, 5) is 44.8. The summed E-state index contributed by atoms with van der Waals surface area (Å²) in [5.74, 6) is -2.64. The monoisotopic (exact) mass is 421 g/mol. The second kappa shape index (κ2) is 8.47. The van der Waals surface area contributed by atoms with Gasteiger partial charge in [0.2, 0.25) is 5.91 Å². The van der Waals surface area contributed by atoms with Crippen LogP contribution in [0.25, 0.3) is 0 Å². The normalized spacial score (nSPS) is 16.8. The number of nitrogens with one attached hydrogen (secondary N) is 1. The van der Waals surface area contributed by atoms with E-state index in [2.05, 4.69) is 15.3 Å². The van der Waals surface area contributed by atoms with E-state index in [1.807, 2.05) is 0 Å². The Morgan fingerprint density at radius 3 is 2.63 bits per heavy atom. The molecule has 0 aliphatic carbocycles. The Bertz CT molecular complexity index is 980. The highest BCUT2D eigenvalue weighted by Crippen LogP contribution is 2.34. The van der Waals surface area contributed by atoms with Gasteiger partial charge in [-0.05, 0) is 43.0 Å². The van der Waals surface area contributed by atoms with Crippen molar-refractivity contribution in [1.82, 2.24) is 14.9 Å². The molecule has 0 unspecified atom stereocenters. The zero-order valence-electron chi connectivity index (χ0n) is 15.6. The smallest absolute Gasteiger partial charge is 0.366 e. The van der Waals surface area contributed by atoms with Gasteiger partial charge in [-0.1, -0.05) is 0 Å². The van der Waals surface area contributed by atoms with Gasteiger partial charge in [-0.2, -0.15) is 13.2 Å². The molecule has 0 saturated carbocycles. The largest absolute Gasteiger partial charge is 0.433 e. The molecule has 0 radical (unpaired) electrons. The number of carbonyl (C=O) groups is 3. The summed E-state index contributed by atoms with van der Waals surface area (Å²) >= 11 is 0. The predicted molar refractivity (Wildman–Crippen MR) is 98.9 cm³/mol. The van der Waals surface area contributed by atoms with Crippen molar-refractivity contribution in [2.24, 2.45) is 5.73 Å². The van der Waals surface area contributed by atoms with Crippen LogP contribution < -0.4 is 11.1 Å². The number of amides is 3. The van der Waals surface area contributed by atoms with Crippen molar-refractivity contribution in [1.29, 1.82) is 0 Å². The summed E-state index contributed by atoms with van der Waals surface area (Å²) in [6.07, 6.45) is 0.604. The molecule has 3 heterocycles. The first-order valence-corrected chi connectivity index (χ1v) is 9.07. The lowest BCUT2D eigenvalue weighted by Gasteiger charge is -2.35. The van der Waals surface area contributed by atoms with Crippen molar-refractivity contribution in [3.63, 3.8) is 0 Å². The summed E-state index contributed by atoms with van der Waals surface area (Å²) in [7, 11) is 0. The molecule has 2 aromatic rings. The second-order valence-electron chi connectivity index (χ2n) is 6.76. The fraction of sp³-hybridized carbons (Fsp3) is 0.316. The van der Waals surface area contributed by atoms with Gasteiger partial charge in [-0.15, -0.1) is 0 Å². The summed E-state index contributed by atoms with van der Waals surface area (Å²) < 4.78 is 39.0. The molecule has 3 N–H and O–H groups in total. The van der Waals surface area contributed by atoms with Crippen molar-refractivity contribution < 1.29 is 27.6 Å². The van der Waals surface area contributed by atoms with Gasteiger partial charge in [0.1, 0.15) is 5.69 Å². The van der Waals surface area contributed by atoms with Crippen LogP contribution in [0.5, 0.6) is 0 Å². The number of likely N-dealkylation sites (tertiary alicyclic amines) is 1. The number of halogens is 3. The molecule has 0 spiro atoms. The molecule has 30 heavy (non-hydrogen) atoms. The van der Waals surface area contributed by atoms with Crippen molar-refractivity contribution in [2.45, 2.75) is 31.5 Å². The minimum atomic E-state index is -4.62. The van der Waals surface area contributed by atoms with Gasteiger partial charge in [-0.3, -0.25) is 24.4 Å². The van der Waals surface area contributed by atoms with E-state index in [0.717, 1.165) is 12.3 Å². The molecule has 3 rings (SSSR count). The van der Waals surface area contributed by atoms with Gasteiger partial charge in [0.15, 0.2) is 0 Å². The topological polar surface area (TPSA) is 118 Å². The van der Waals surface area contributed by atoms with Crippen LogP contribution in [0.1, 0.15) is 46.9 Å². The van der Waals surface area contributed by atoms with Crippen LogP contribution in [0, 0.1) is 0 Å². The average molecular weight is 421 g/mol. The maximum atomic E-state index is 13.0. The van der Waals surface area contributed by atoms with Gasteiger partial charge in [0.05, 0.1) is 23.5 Å². The molecule has 1 aliphatic heterocycles. The lowest BCUT2D eigenvalue weighted by molar-refractivity contribution is -0.146. The Labute approximate surface area is 169 Å². The molecule has 0 aromatic carbocycles. The molecular weight excluding hydrogens is 403 g/mol. The van der Waals surface area contributed by atoms with Crippen LogP contribution in [0.4, 0.5) is 18.9 Å². The number of aromatic nitrogens is 2. The van der Waals surface area contributed by atoms with Crippen molar-refractivity contribution in [3.05, 3.63) is 53.6 Å². The SMILES string of the molecule is NC(=O)c1cncc(NC(=O)C(=O)N2CCCC[C@H]2c2ccnc(C(F)(F)F)c2)c1. The lowest BCUT2D eigenvalue weighted by Crippen LogP contribution is -2.44. The first-order chi connectivity index (χ1) is 14.2. The Balaban J connectivity index is 1.80. The zero-order chi connectivity index (χ0) is 21.9. The summed E-state index contributed by atoms with van der Waals surface area (Å²) in [5, 5.41) is 2.35. The van der Waals surface area contributed by atoms with E-state index in [4.69, 9.17) is 5.73 Å². The third-order valence-electron chi connectivity index (χ3n) is 4.70. The van der Waals surface area contributed by atoms with Gasteiger partial charge in [-0.25, -0.2) is 0 Å². The quantitative estimate of drug-likeness (QED) is 0.738. The van der Waals surface area contributed by atoms with Crippen LogP contribution in [0.2, 0.25) is 0 Å². The van der Waals surface area contributed by atoms with E-state index in [9.17, 15) is 27.6 Å². The molecule has 1 atom stereocenters. The Morgan fingerprint density at radius 2 is 1.93 bits per heavy atom. The summed E-state index contributed by atoms with van der Waals surface area (Å²) in [5.41, 5.74) is 4.51. The first kappa shape index (κ1) is 21.2. The number of alkyl halides is 3. The minimum Gasteiger partial charge on any atom is -0.366 e. The molecule has 1 fully saturated rings. The van der Waals surface area contributed by atoms with E-state index in [1.165, 1.54) is 29.4 Å². The molecular formula is C19H18F3N5O3. The number of nitrogens with two attached hydrogens (primary N) is 1. The van der Waals surface area contributed by atoms with Crippen LogP contribution in [0.3, 0.4) is 0 Å². The Kier molecular flexibility index (Phi) is 5.99.